The lowest BCUT2D eigenvalue weighted by atomic mass is 10.1. The third-order valence-electron chi connectivity index (χ3n) is 1.43. The van der Waals surface area contributed by atoms with Gasteiger partial charge in [0.05, 0.1) is 0 Å². The second kappa shape index (κ2) is 9.07. The highest BCUT2D eigenvalue weighted by Gasteiger charge is 1.89. The molecule has 0 bridgehead atoms. The minimum absolute atomic E-state index is 0. The maximum Gasteiger partial charge on any atom is 0.0346 e. The summed E-state index contributed by atoms with van der Waals surface area (Å²) in [6.45, 7) is 8.05. The van der Waals surface area contributed by atoms with Crippen LogP contribution in [0.2, 0.25) is 0 Å². The van der Waals surface area contributed by atoms with E-state index in [4.69, 9.17) is 10.8 Å². The normalized spacial score (nSPS) is 7.54. The van der Waals surface area contributed by atoms with Crippen LogP contribution in [0.1, 0.15) is 26.4 Å². The number of nitrogen functional groups attached to an aromatic ring is 1. The summed E-state index contributed by atoms with van der Waals surface area (Å²) in [5.74, 6) is 0. The Bertz CT molecular complexity index is 227. The number of aryl methyl sites for hydroxylation is 2. The molecule has 0 aliphatic heterocycles. The van der Waals surface area contributed by atoms with Crippen molar-refractivity contribution >= 4 is 5.69 Å². The van der Waals surface area contributed by atoms with E-state index >= 15 is 0 Å². The van der Waals surface area contributed by atoms with Crippen LogP contribution in [0.5, 0.6) is 0 Å². The third kappa shape index (κ3) is 6.17. The quantitative estimate of drug-likeness (QED) is 0.610. The number of anilines is 1. The fourth-order valence-corrected chi connectivity index (χ4v) is 0.760. The van der Waals surface area contributed by atoms with Crippen molar-refractivity contribution in [3.8, 4) is 0 Å². The van der Waals surface area contributed by atoms with Gasteiger partial charge in [-0.15, -0.1) is 0 Å². The van der Waals surface area contributed by atoms with Crippen molar-refractivity contribution in [3.05, 3.63) is 29.3 Å². The highest BCUT2D eigenvalue weighted by atomic mass is 16.2. The first-order chi connectivity index (χ1) is 6.20. The predicted octanol–water partition coefficient (Wildman–Crippen LogP) is 2.77. The fourth-order valence-electron chi connectivity index (χ4n) is 0.760. The van der Waals surface area contributed by atoms with E-state index in [-0.39, 0.29) is 1.43 Å². The summed E-state index contributed by atoms with van der Waals surface area (Å²) in [4.78, 5) is 0. The van der Waals surface area contributed by atoms with Crippen LogP contribution < -0.4 is 5.73 Å². The molecule has 0 aromatic heterocycles. The lowest BCUT2D eigenvalue weighted by molar-refractivity contribution is 0.399. The van der Waals surface area contributed by atoms with Gasteiger partial charge in [0.1, 0.15) is 0 Å². The molecule has 0 saturated carbocycles. The van der Waals surface area contributed by atoms with E-state index in [1.54, 1.807) is 0 Å². The van der Waals surface area contributed by atoms with Gasteiger partial charge < -0.3 is 10.8 Å². The number of hydrogen-bond acceptors (Lipinski definition) is 2. The lowest BCUT2D eigenvalue weighted by Gasteiger charge is -1.98. The molecular formula is C11H23NO. The number of aliphatic hydroxyl groups is 1. The molecule has 0 aliphatic rings. The molecule has 2 nitrogen and oxygen atoms in total. The Labute approximate surface area is 82.9 Å². The van der Waals surface area contributed by atoms with Crippen molar-refractivity contribution in [2.24, 2.45) is 0 Å². The zero-order chi connectivity index (χ0) is 10.9. The Morgan fingerprint density at radius 2 is 1.62 bits per heavy atom. The van der Waals surface area contributed by atoms with E-state index in [0.29, 0.717) is 0 Å². The maximum absolute atomic E-state index is 7.00. The van der Waals surface area contributed by atoms with Crippen molar-refractivity contribution in [2.45, 2.75) is 27.7 Å². The van der Waals surface area contributed by atoms with Crippen molar-refractivity contribution in [2.75, 3.05) is 12.8 Å². The first-order valence-corrected chi connectivity index (χ1v) is 4.47. The summed E-state index contributed by atoms with van der Waals surface area (Å²) in [5, 5.41) is 7.00. The highest BCUT2D eigenvalue weighted by Crippen LogP contribution is 2.10. The topological polar surface area (TPSA) is 46.2 Å². The number of aliphatic hydroxyl groups excluding tert-OH is 1. The van der Waals surface area contributed by atoms with Crippen LogP contribution in [0.4, 0.5) is 5.69 Å². The molecule has 1 aromatic rings. The Morgan fingerprint density at radius 1 is 1.15 bits per heavy atom. The standard InChI is InChI=1S/C8H11N.C2H6.CH4O.H2/c1-6-3-4-7(2)8(9)5-6;2*1-2;/h3-5H,9H2,1-2H3;1-2H3;2H,1H3;1H. The third-order valence-corrected chi connectivity index (χ3v) is 1.43. The van der Waals surface area contributed by atoms with Crippen molar-refractivity contribution in [1.82, 2.24) is 0 Å². The average Bonchev–Trinajstić information content (AvgIpc) is 2.18. The lowest BCUT2D eigenvalue weighted by Crippen LogP contribution is -1.88. The Kier molecular flexibility index (Phi) is 10.1. The second-order valence-corrected chi connectivity index (χ2v) is 2.36. The number of rotatable bonds is 0. The van der Waals surface area contributed by atoms with E-state index < -0.39 is 0 Å². The van der Waals surface area contributed by atoms with E-state index in [9.17, 15) is 0 Å². The molecule has 0 amide bonds. The molecule has 1 rings (SSSR count). The van der Waals surface area contributed by atoms with E-state index in [0.717, 1.165) is 18.4 Å². The first-order valence-electron chi connectivity index (χ1n) is 4.47. The molecule has 0 saturated heterocycles. The molecule has 13 heavy (non-hydrogen) atoms. The van der Waals surface area contributed by atoms with Gasteiger partial charge in [0.2, 0.25) is 0 Å². The summed E-state index contributed by atoms with van der Waals surface area (Å²) in [6.07, 6.45) is 0. The van der Waals surface area contributed by atoms with Crippen LogP contribution in [-0.4, -0.2) is 12.2 Å². The highest BCUT2D eigenvalue weighted by molar-refractivity contribution is 5.47. The molecule has 0 unspecified atom stereocenters. The van der Waals surface area contributed by atoms with Gasteiger partial charge in [-0.2, -0.15) is 0 Å². The van der Waals surface area contributed by atoms with E-state index in [1.165, 1.54) is 5.56 Å². The van der Waals surface area contributed by atoms with E-state index in [1.807, 2.05) is 39.8 Å². The van der Waals surface area contributed by atoms with Gasteiger partial charge in [0.15, 0.2) is 0 Å². The predicted molar refractivity (Wildman–Crippen MR) is 61.9 cm³/mol. The van der Waals surface area contributed by atoms with Crippen molar-refractivity contribution in [1.29, 1.82) is 0 Å². The van der Waals surface area contributed by atoms with Gasteiger partial charge in [0.25, 0.3) is 0 Å². The van der Waals surface area contributed by atoms with Crippen LogP contribution in [0.3, 0.4) is 0 Å². The van der Waals surface area contributed by atoms with Crippen LogP contribution in [0, 0.1) is 13.8 Å². The van der Waals surface area contributed by atoms with Crippen LogP contribution in [0.15, 0.2) is 18.2 Å². The summed E-state index contributed by atoms with van der Waals surface area (Å²) in [7, 11) is 1.00. The Hall–Kier alpha value is -1.02. The summed E-state index contributed by atoms with van der Waals surface area (Å²) in [5.41, 5.74) is 8.88. The van der Waals surface area contributed by atoms with Crippen LogP contribution >= 0.6 is 0 Å². The molecule has 2 heteroatoms. The first kappa shape index (κ1) is 14.5. The minimum atomic E-state index is 0. The summed E-state index contributed by atoms with van der Waals surface area (Å²) < 4.78 is 0. The summed E-state index contributed by atoms with van der Waals surface area (Å²) >= 11 is 0. The van der Waals surface area contributed by atoms with E-state index in [2.05, 4.69) is 6.07 Å². The van der Waals surface area contributed by atoms with Gasteiger partial charge in [-0.25, -0.2) is 0 Å². The van der Waals surface area contributed by atoms with Crippen molar-refractivity contribution < 1.29 is 6.53 Å². The molecule has 3 N–H and O–H groups in total. The number of benzene rings is 1. The number of hydrogen-bond donors (Lipinski definition) is 2. The zero-order valence-corrected chi connectivity index (χ0v) is 9.26. The van der Waals surface area contributed by atoms with Crippen LogP contribution in [0.25, 0.3) is 0 Å². The molecule has 0 radical (unpaired) electrons. The molecule has 1 aromatic carbocycles. The molecule has 0 aliphatic carbocycles. The maximum atomic E-state index is 7.00. The average molecular weight is 185 g/mol. The Morgan fingerprint density at radius 3 is 1.92 bits per heavy atom. The minimum Gasteiger partial charge on any atom is -0.400 e. The largest absolute Gasteiger partial charge is 0.400 e. The van der Waals surface area contributed by atoms with Gasteiger partial charge in [0, 0.05) is 14.2 Å². The molecule has 0 spiro atoms. The Balaban J connectivity index is -0.000000216. The summed E-state index contributed by atoms with van der Waals surface area (Å²) in [6, 6.07) is 6.08. The van der Waals surface area contributed by atoms with Gasteiger partial charge in [-0.05, 0) is 31.0 Å². The monoisotopic (exact) mass is 185 g/mol. The molecule has 78 valence electrons. The molecule has 0 heterocycles. The smallest absolute Gasteiger partial charge is 0.0346 e. The fraction of sp³-hybridized carbons (Fsp3) is 0.455. The van der Waals surface area contributed by atoms with Gasteiger partial charge >= 0.3 is 0 Å². The van der Waals surface area contributed by atoms with Crippen molar-refractivity contribution in [3.63, 3.8) is 0 Å². The number of nitrogens with two attached hydrogens (primary N) is 1. The van der Waals surface area contributed by atoms with Crippen LogP contribution in [-0.2, 0) is 0 Å². The van der Waals surface area contributed by atoms with Gasteiger partial charge in [-0.3, -0.25) is 0 Å². The molecule has 0 fully saturated rings. The molecular weight excluding hydrogens is 162 g/mol. The second-order valence-electron chi connectivity index (χ2n) is 2.36. The van der Waals surface area contributed by atoms with Gasteiger partial charge in [-0.1, -0.05) is 26.0 Å². The zero-order valence-electron chi connectivity index (χ0n) is 9.26. The SMILES string of the molecule is CC.CO.Cc1ccc(C)c(N)c1.[HH]. The molecule has 0 atom stereocenters.